The number of rotatable bonds is 0. The number of hydrogen-bond acceptors (Lipinski definition) is 11. The second-order valence-electron chi connectivity index (χ2n) is 12.2. The molecule has 1 aliphatic carbocycles. The fourth-order valence-corrected chi connectivity index (χ4v) is 21.3. The molecular formula is C40H20OS10. The summed E-state index contributed by atoms with van der Waals surface area (Å²) in [4.78, 5) is 13.2. The number of ether oxygens (including phenoxy) is 1. The van der Waals surface area contributed by atoms with Crippen molar-refractivity contribution in [3.05, 3.63) is 162 Å². The molecule has 6 aliphatic heterocycles. The fourth-order valence-electron chi connectivity index (χ4n) is 7.10. The minimum atomic E-state index is -0.644. The molecule has 6 heterocycles. The van der Waals surface area contributed by atoms with Crippen LogP contribution in [0, 0.1) is 0 Å². The van der Waals surface area contributed by atoms with Crippen LogP contribution in [-0.4, -0.2) is 8.53 Å². The van der Waals surface area contributed by atoms with Gasteiger partial charge >= 0.3 is 0 Å². The summed E-state index contributed by atoms with van der Waals surface area (Å²) in [5.74, 6) is 0. The SMILES string of the molecule is c1ccc2c(c1)SC(=C1C(=C3Sc4ccccc4S3)C3=C(C1=C1Sc4ccccc4S1)C1(OC34Sc3ccccc3S4)Sc3ccccc3S1)S2. The van der Waals surface area contributed by atoms with Crippen LogP contribution >= 0.6 is 118 Å². The first-order valence-electron chi connectivity index (χ1n) is 16.1. The van der Waals surface area contributed by atoms with Crippen molar-refractivity contribution in [2.45, 2.75) is 57.5 Å². The van der Waals surface area contributed by atoms with Gasteiger partial charge in [0.05, 0.1) is 12.7 Å². The van der Waals surface area contributed by atoms with E-state index in [2.05, 4.69) is 121 Å². The Balaban J connectivity index is 1.18. The van der Waals surface area contributed by atoms with E-state index in [0.717, 1.165) is 0 Å². The Bertz CT molecular complexity index is 2270. The average Bonchev–Trinajstić information content (AvgIpc) is 4.00. The first kappa shape index (κ1) is 31.8. The Kier molecular flexibility index (Phi) is 7.49. The molecule has 51 heavy (non-hydrogen) atoms. The third-order valence-corrected chi connectivity index (χ3v) is 22.6. The summed E-state index contributed by atoms with van der Waals surface area (Å²) in [7, 11) is 0. The number of benzene rings is 5. The minimum Gasteiger partial charge on any atom is -0.318 e. The Labute approximate surface area is 338 Å². The highest BCUT2D eigenvalue weighted by molar-refractivity contribution is 8.26. The maximum absolute atomic E-state index is 7.83. The quantitative estimate of drug-likeness (QED) is 0.148. The molecule has 0 N–H and O–H groups in total. The van der Waals surface area contributed by atoms with E-state index in [1.165, 1.54) is 89.5 Å². The first-order valence-corrected chi connectivity index (χ1v) is 24.3. The Morgan fingerprint density at radius 2 is 0.529 bits per heavy atom. The molecule has 0 amide bonds. The summed E-state index contributed by atoms with van der Waals surface area (Å²) < 4.78 is 10.6. The molecule has 0 radical (unpaired) electrons. The number of fused-ring (bicyclic) bond motifs is 7. The molecule has 7 aliphatic rings. The zero-order chi connectivity index (χ0) is 33.3. The molecule has 5 aromatic carbocycles. The van der Waals surface area contributed by atoms with Crippen LogP contribution in [0.1, 0.15) is 0 Å². The van der Waals surface area contributed by atoms with Gasteiger partial charge in [-0.15, -0.1) is 0 Å². The van der Waals surface area contributed by atoms with Crippen LogP contribution in [0.2, 0.25) is 0 Å². The second-order valence-corrected chi connectivity index (χ2v) is 24.7. The summed E-state index contributed by atoms with van der Waals surface area (Å²) in [5, 5.41) is 0. The van der Waals surface area contributed by atoms with Crippen molar-refractivity contribution in [3.8, 4) is 0 Å². The van der Waals surface area contributed by atoms with Crippen molar-refractivity contribution in [3.63, 3.8) is 0 Å². The highest BCUT2D eigenvalue weighted by Crippen LogP contribution is 2.80. The molecule has 0 saturated carbocycles. The lowest BCUT2D eigenvalue weighted by Gasteiger charge is -2.33. The second kappa shape index (κ2) is 12.0. The third kappa shape index (κ3) is 4.83. The van der Waals surface area contributed by atoms with E-state index in [0.29, 0.717) is 0 Å². The van der Waals surface area contributed by atoms with Gasteiger partial charge in [0.2, 0.25) is 0 Å². The van der Waals surface area contributed by atoms with Gasteiger partial charge in [-0.1, -0.05) is 178 Å². The highest BCUT2D eigenvalue weighted by atomic mass is 32.2. The van der Waals surface area contributed by atoms with Crippen LogP contribution < -0.4 is 0 Å². The summed E-state index contributed by atoms with van der Waals surface area (Å²) in [6.07, 6.45) is 0. The molecule has 0 bridgehead atoms. The lowest BCUT2D eigenvalue weighted by Crippen LogP contribution is -2.29. The van der Waals surface area contributed by atoms with Gasteiger partial charge in [0.25, 0.3) is 0 Å². The summed E-state index contributed by atoms with van der Waals surface area (Å²) in [5.41, 5.74) is 6.81. The summed E-state index contributed by atoms with van der Waals surface area (Å²) in [6, 6.07) is 44.5. The van der Waals surface area contributed by atoms with Gasteiger partial charge in [-0.2, -0.15) is 0 Å². The first-order chi connectivity index (χ1) is 25.1. The van der Waals surface area contributed by atoms with Crippen LogP contribution in [0.15, 0.2) is 211 Å². The molecule has 2 spiro atoms. The van der Waals surface area contributed by atoms with Crippen molar-refractivity contribution < 1.29 is 4.74 Å². The van der Waals surface area contributed by atoms with E-state index >= 15 is 0 Å². The fraction of sp³-hybridized carbons (Fsp3) is 0.0500. The van der Waals surface area contributed by atoms with Crippen LogP contribution in [0.25, 0.3) is 0 Å². The molecule has 1 nitrogen and oxygen atoms in total. The zero-order valence-electron chi connectivity index (χ0n) is 26.0. The Morgan fingerprint density at radius 1 is 0.294 bits per heavy atom. The zero-order valence-corrected chi connectivity index (χ0v) is 34.2. The smallest absolute Gasteiger partial charge is 0.199 e. The van der Waals surface area contributed by atoms with Crippen molar-refractivity contribution in [1.82, 2.24) is 0 Å². The molecule has 5 aromatic rings. The topological polar surface area (TPSA) is 9.23 Å². The van der Waals surface area contributed by atoms with Gasteiger partial charge in [-0.05, 0) is 60.7 Å². The van der Waals surface area contributed by atoms with Gasteiger partial charge < -0.3 is 4.74 Å². The lowest BCUT2D eigenvalue weighted by molar-refractivity contribution is 0.118. The largest absolute Gasteiger partial charge is 0.318 e. The molecule has 11 heteroatoms. The van der Waals surface area contributed by atoms with Gasteiger partial charge in [-0.25, -0.2) is 0 Å². The molecule has 12 rings (SSSR count). The van der Waals surface area contributed by atoms with E-state index in [4.69, 9.17) is 4.74 Å². The molecular weight excluding hydrogens is 817 g/mol. The minimum absolute atomic E-state index is 0.644. The predicted octanol–water partition coefficient (Wildman–Crippen LogP) is 14.8. The van der Waals surface area contributed by atoms with E-state index in [-0.39, 0.29) is 0 Å². The highest BCUT2D eigenvalue weighted by Gasteiger charge is 2.67. The van der Waals surface area contributed by atoms with Crippen molar-refractivity contribution >= 4 is 118 Å². The lowest BCUT2D eigenvalue weighted by atomic mass is 10.1. The monoisotopic (exact) mass is 836 g/mol. The number of allylic oxidation sites excluding steroid dienone is 1. The van der Waals surface area contributed by atoms with Crippen LogP contribution in [-0.2, 0) is 4.74 Å². The summed E-state index contributed by atoms with van der Waals surface area (Å²) >= 11 is 19.2. The molecule has 0 atom stereocenters. The average molecular weight is 837 g/mol. The molecule has 0 saturated heterocycles. The van der Waals surface area contributed by atoms with Crippen LogP contribution in [0.4, 0.5) is 0 Å². The van der Waals surface area contributed by atoms with E-state index in [9.17, 15) is 0 Å². The van der Waals surface area contributed by atoms with Crippen molar-refractivity contribution in [2.24, 2.45) is 0 Å². The number of thioether (sulfide) groups is 10. The van der Waals surface area contributed by atoms with E-state index in [1.807, 2.05) is 118 Å². The summed E-state index contributed by atoms with van der Waals surface area (Å²) in [6.45, 7) is 0. The van der Waals surface area contributed by atoms with Crippen molar-refractivity contribution in [1.29, 1.82) is 0 Å². The Hall–Kier alpha value is -1.48. The normalized spacial score (nSPS) is 21.3. The maximum atomic E-state index is 7.83. The van der Waals surface area contributed by atoms with E-state index < -0.39 is 8.53 Å². The molecule has 0 aromatic heterocycles. The van der Waals surface area contributed by atoms with Crippen molar-refractivity contribution in [2.75, 3.05) is 0 Å². The van der Waals surface area contributed by atoms with Crippen LogP contribution in [0.3, 0.4) is 0 Å². The standard InChI is InChI=1S/C40H20OS10/c1-2-12-22-21(11-1)42-36(43-22)31-32(37-44-23-13-3-4-14-24(23)45-37)34-35(33(31)38-46-25-15-5-6-16-26(25)47-38)40(50-29-19-9-10-20-30(29)51-40)41-39(34)48-27-17-7-8-18-28(27)49-39/h1-20H. The van der Waals surface area contributed by atoms with E-state index in [1.54, 1.807) is 0 Å². The number of hydrogen-bond donors (Lipinski definition) is 0. The Morgan fingerprint density at radius 3 is 0.804 bits per heavy atom. The van der Waals surface area contributed by atoms with Gasteiger partial charge in [0.1, 0.15) is 0 Å². The molecule has 0 unspecified atom stereocenters. The molecule has 246 valence electrons. The maximum Gasteiger partial charge on any atom is 0.199 e. The third-order valence-electron chi connectivity index (χ3n) is 9.18. The molecule has 0 fully saturated rings. The van der Waals surface area contributed by atoms with Gasteiger partial charge in [0, 0.05) is 76.8 Å². The predicted molar refractivity (Wildman–Crippen MR) is 225 cm³/mol. The van der Waals surface area contributed by atoms with Gasteiger partial charge in [0.15, 0.2) is 8.53 Å². The van der Waals surface area contributed by atoms with Gasteiger partial charge in [-0.3, -0.25) is 0 Å². The van der Waals surface area contributed by atoms with Crippen LogP contribution in [0.5, 0.6) is 0 Å².